The lowest BCUT2D eigenvalue weighted by atomic mass is 9.49. The largest absolute Gasteiger partial charge is 0.463 e. The average Bonchev–Trinajstić information content (AvgIpc) is 3.28. The zero-order valence-electron chi connectivity index (χ0n) is 18.9. The fraction of sp³-hybridized carbons (Fsp3) is 0.708. The van der Waals surface area contributed by atoms with Crippen LogP contribution in [0.5, 0.6) is 0 Å². The van der Waals surface area contributed by atoms with Crippen molar-refractivity contribution >= 4 is 17.3 Å². The van der Waals surface area contributed by atoms with E-state index < -0.39 is 23.9 Å². The van der Waals surface area contributed by atoms with E-state index >= 15 is 0 Å². The van der Waals surface area contributed by atoms with E-state index in [1.165, 1.54) is 25.6 Å². The molecule has 0 amide bonds. The van der Waals surface area contributed by atoms with Gasteiger partial charge in [0, 0.05) is 0 Å². The van der Waals surface area contributed by atoms with Gasteiger partial charge in [0.25, 0.3) is 0 Å². The molecule has 4 atom stereocenters. The van der Waals surface area contributed by atoms with Crippen molar-refractivity contribution in [1.82, 2.24) is 14.6 Å². The van der Waals surface area contributed by atoms with Gasteiger partial charge >= 0.3 is 5.97 Å². The van der Waals surface area contributed by atoms with Crippen LogP contribution in [-0.2, 0) is 19.9 Å². The fourth-order valence-corrected chi connectivity index (χ4v) is 7.70. The quantitative estimate of drug-likeness (QED) is 0.580. The number of carbonyl (C=O) groups excluding carboxylic acids is 1. The Morgan fingerprint density at radius 2 is 1.88 bits per heavy atom. The summed E-state index contributed by atoms with van der Waals surface area (Å²) in [7, 11) is 0. The molecule has 9 heteroatoms. The van der Waals surface area contributed by atoms with Gasteiger partial charge in [-0.1, -0.05) is 0 Å². The van der Waals surface area contributed by atoms with Crippen molar-refractivity contribution in [1.29, 1.82) is 0 Å². The number of aliphatic hydroxyl groups excluding tert-OH is 2. The number of nitrogens with zero attached hydrogens (tertiary/aromatic N) is 3. The van der Waals surface area contributed by atoms with Crippen LogP contribution in [0.15, 0.2) is 18.5 Å². The molecule has 7 rings (SSSR count). The molecule has 2 aromatic rings. The highest BCUT2D eigenvalue weighted by atomic mass is 16.6. The Morgan fingerprint density at radius 1 is 1.21 bits per heavy atom. The highest BCUT2D eigenvalue weighted by molar-refractivity contribution is 5.70. The first-order valence-electron chi connectivity index (χ1n) is 12.0. The van der Waals surface area contributed by atoms with E-state index in [0.29, 0.717) is 23.4 Å². The van der Waals surface area contributed by atoms with Gasteiger partial charge in [0.05, 0.1) is 12.1 Å². The van der Waals surface area contributed by atoms with Crippen LogP contribution in [0.1, 0.15) is 57.6 Å². The topological polar surface area (TPSA) is 132 Å². The van der Waals surface area contributed by atoms with Gasteiger partial charge in [-0.25, -0.2) is 9.50 Å². The number of carbonyl (C=O) groups is 1. The van der Waals surface area contributed by atoms with E-state index in [4.69, 9.17) is 15.2 Å². The van der Waals surface area contributed by atoms with Crippen LogP contribution in [0.25, 0.3) is 5.52 Å². The normalized spacial score (nSPS) is 41.7. The van der Waals surface area contributed by atoms with Crippen LogP contribution in [0.2, 0.25) is 0 Å². The van der Waals surface area contributed by atoms with E-state index in [9.17, 15) is 15.0 Å². The van der Waals surface area contributed by atoms with Gasteiger partial charge < -0.3 is 25.4 Å². The summed E-state index contributed by atoms with van der Waals surface area (Å²) in [4.78, 5) is 16.8. The Bertz CT molecular complexity index is 1050. The number of rotatable bonds is 5. The first-order chi connectivity index (χ1) is 15.8. The van der Waals surface area contributed by atoms with E-state index in [-0.39, 0.29) is 18.0 Å². The lowest BCUT2D eigenvalue weighted by molar-refractivity contribution is -0.159. The summed E-state index contributed by atoms with van der Waals surface area (Å²) in [5.41, 5.74) is 5.90. The predicted molar refractivity (Wildman–Crippen MR) is 118 cm³/mol. The summed E-state index contributed by atoms with van der Waals surface area (Å²) in [6.45, 7) is 1.59. The fourth-order valence-electron chi connectivity index (χ4n) is 7.70. The summed E-state index contributed by atoms with van der Waals surface area (Å²) < 4.78 is 13.3. The molecule has 2 aromatic heterocycles. The lowest BCUT2D eigenvalue weighted by Crippen LogP contribution is -2.47. The van der Waals surface area contributed by atoms with Gasteiger partial charge in [-0.15, -0.1) is 0 Å². The Balaban J connectivity index is 1.13. The number of hydrogen-bond donors (Lipinski definition) is 3. The summed E-state index contributed by atoms with van der Waals surface area (Å²) in [6, 6.07) is 3.49. The Morgan fingerprint density at radius 3 is 2.55 bits per heavy atom. The second kappa shape index (κ2) is 7.38. The van der Waals surface area contributed by atoms with Crippen molar-refractivity contribution in [2.75, 3.05) is 12.3 Å². The maximum absolute atomic E-state index is 12.8. The number of nitrogen functional groups attached to an aromatic ring is 1. The van der Waals surface area contributed by atoms with Crippen LogP contribution < -0.4 is 5.73 Å². The third kappa shape index (κ3) is 3.35. The minimum absolute atomic E-state index is 0.0967. The molecule has 0 aromatic carbocycles. The van der Waals surface area contributed by atoms with Gasteiger partial charge in [-0.05, 0) is 80.8 Å². The summed E-state index contributed by atoms with van der Waals surface area (Å²) in [5.74, 6) is 2.39. The second-order valence-corrected chi connectivity index (χ2v) is 11.1. The molecule has 4 bridgehead atoms. The highest BCUT2D eigenvalue weighted by Crippen LogP contribution is 2.61. The lowest BCUT2D eigenvalue weighted by Gasteiger charge is -2.56. The average molecular weight is 457 g/mol. The van der Waals surface area contributed by atoms with Crippen LogP contribution in [-0.4, -0.2) is 55.7 Å². The molecule has 3 heterocycles. The summed E-state index contributed by atoms with van der Waals surface area (Å²) in [6.07, 6.45) is 5.92. The molecule has 33 heavy (non-hydrogen) atoms. The zero-order chi connectivity index (χ0) is 23.0. The van der Waals surface area contributed by atoms with Crippen LogP contribution in [0.3, 0.4) is 0 Å². The highest BCUT2D eigenvalue weighted by Gasteiger charge is 2.55. The summed E-state index contributed by atoms with van der Waals surface area (Å²) in [5, 5.41) is 25.8. The number of esters is 1. The molecule has 0 spiro atoms. The third-order valence-electron chi connectivity index (χ3n) is 8.75. The van der Waals surface area contributed by atoms with Crippen LogP contribution >= 0.6 is 0 Å². The number of anilines is 1. The first kappa shape index (κ1) is 21.3. The first-order valence-corrected chi connectivity index (χ1v) is 12.0. The van der Waals surface area contributed by atoms with E-state index in [2.05, 4.69) is 10.1 Å². The molecule has 5 aliphatic rings. The minimum atomic E-state index is -1.25. The van der Waals surface area contributed by atoms with Crippen molar-refractivity contribution in [3.8, 4) is 0 Å². The maximum atomic E-state index is 12.8. The Hall–Kier alpha value is -2.23. The second-order valence-electron chi connectivity index (χ2n) is 11.1. The van der Waals surface area contributed by atoms with Crippen LogP contribution in [0.4, 0.5) is 5.82 Å². The third-order valence-corrected chi connectivity index (χ3v) is 8.75. The molecule has 0 radical (unpaired) electrons. The molecule has 5 fully saturated rings. The van der Waals surface area contributed by atoms with Gasteiger partial charge in [0.2, 0.25) is 0 Å². The van der Waals surface area contributed by atoms with Gasteiger partial charge in [-0.2, -0.15) is 5.10 Å². The SMILES string of the molecule is C[C@@]1(c2ccc3c(N)ncnn23)O[C@H](COC(=O)CC23CC4CC(CC(C4)C2)C3)[C@@H](O)[C@H]1O. The van der Waals surface area contributed by atoms with Crippen LogP contribution in [0, 0.1) is 23.2 Å². The minimum Gasteiger partial charge on any atom is -0.463 e. The Kier molecular flexibility index (Phi) is 4.77. The van der Waals surface area contributed by atoms with E-state index in [1.807, 2.05) is 0 Å². The van der Waals surface area contributed by atoms with E-state index in [0.717, 1.165) is 37.0 Å². The summed E-state index contributed by atoms with van der Waals surface area (Å²) >= 11 is 0. The van der Waals surface area contributed by atoms with Crippen molar-refractivity contribution in [3.05, 3.63) is 24.2 Å². The molecule has 1 aliphatic heterocycles. The molecular weight excluding hydrogens is 424 g/mol. The van der Waals surface area contributed by atoms with E-state index in [1.54, 1.807) is 23.6 Å². The number of fused-ring (bicyclic) bond motifs is 1. The Labute approximate surface area is 192 Å². The maximum Gasteiger partial charge on any atom is 0.306 e. The molecule has 4 N–H and O–H groups in total. The number of hydrogen-bond acceptors (Lipinski definition) is 8. The molecule has 0 unspecified atom stereocenters. The van der Waals surface area contributed by atoms with Gasteiger partial charge in [-0.3, -0.25) is 4.79 Å². The monoisotopic (exact) mass is 456 g/mol. The smallest absolute Gasteiger partial charge is 0.306 e. The molecular formula is C24H32N4O5. The van der Waals surface area contributed by atoms with Crippen molar-refractivity contribution in [2.45, 2.75) is 75.8 Å². The van der Waals surface area contributed by atoms with Gasteiger partial charge in [0.1, 0.15) is 42.4 Å². The number of aromatic nitrogens is 3. The molecule has 178 valence electrons. The van der Waals surface area contributed by atoms with Crippen molar-refractivity contribution in [2.24, 2.45) is 23.2 Å². The number of nitrogens with two attached hydrogens (primary N) is 1. The number of ether oxygens (including phenoxy) is 2. The molecule has 1 saturated heterocycles. The standard InChI is InChI=1S/C24H32N4O5/c1-23(18-3-2-16-22(25)26-12-27-28(16)18)21(31)20(30)17(33-23)11-32-19(29)10-24-7-13-4-14(8-24)6-15(5-13)9-24/h2-3,12-15,17,20-21,30-31H,4-11H2,1H3,(H2,25,26,27)/t13?,14?,15?,17-,20-,21-,23+,24?/m1/s1. The molecule has 4 saturated carbocycles. The zero-order valence-corrected chi connectivity index (χ0v) is 18.9. The number of aliphatic hydroxyl groups is 2. The molecule has 9 nitrogen and oxygen atoms in total. The molecule has 4 aliphatic carbocycles. The van der Waals surface area contributed by atoms with Crippen molar-refractivity contribution < 1.29 is 24.5 Å². The van der Waals surface area contributed by atoms with Gasteiger partial charge in [0.15, 0.2) is 5.82 Å². The van der Waals surface area contributed by atoms with Crippen molar-refractivity contribution in [3.63, 3.8) is 0 Å². The predicted octanol–water partition coefficient (Wildman–Crippen LogP) is 1.80.